The maximum Gasteiger partial charge on any atom is 0.277 e. The van der Waals surface area contributed by atoms with Crippen LogP contribution in [0.4, 0.5) is 10.9 Å². The van der Waals surface area contributed by atoms with Gasteiger partial charge in [-0.1, -0.05) is 17.4 Å². The Morgan fingerprint density at radius 1 is 1.21 bits per heavy atom. The van der Waals surface area contributed by atoms with Gasteiger partial charge in [-0.25, -0.2) is 15.0 Å². The van der Waals surface area contributed by atoms with Crippen LogP contribution in [-0.4, -0.2) is 38.2 Å². The number of pyridine rings is 2. The minimum atomic E-state index is -0.344. The van der Waals surface area contributed by atoms with Crippen LogP contribution in [0.15, 0.2) is 48.9 Å². The van der Waals surface area contributed by atoms with Crippen LogP contribution >= 0.6 is 11.3 Å². The molecule has 0 fully saturated rings. The third-order valence-corrected chi connectivity index (χ3v) is 5.46. The topological polar surface area (TPSA) is 92.5 Å². The number of nitrogens with zero attached hydrogens (tertiary/aromatic N) is 5. The van der Waals surface area contributed by atoms with Crippen molar-refractivity contribution in [1.82, 2.24) is 19.4 Å². The van der Waals surface area contributed by atoms with Gasteiger partial charge in [0.2, 0.25) is 5.91 Å². The average molecular weight is 406 g/mol. The van der Waals surface area contributed by atoms with E-state index in [4.69, 9.17) is 0 Å². The zero-order valence-electron chi connectivity index (χ0n) is 16.1. The highest BCUT2D eigenvalue weighted by atomic mass is 32.1. The number of carbonyl (C=O) groups is 2. The lowest BCUT2D eigenvalue weighted by Crippen LogP contribution is -2.22. The first-order valence-electron chi connectivity index (χ1n) is 8.85. The van der Waals surface area contributed by atoms with Crippen molar-refractivity contribution < 1.29 is 9.59 Å². The lowest BCUT2D eigenvalue weighted by atomic mass is 10.3. The number of thiazole rings is 1. The van der Waals surface area contributed by atoms with Gasteiger partial charge < -0.3 is 5.32 Å². The molecule has 0 radical (unpaired) electrons. The molecule has 0 spiro atoms. The summed E-state index contributed by atoms with van der Waals surface area (Å²) in [7, 11) is 1.67. The molecule has 0 aliphatic carbocycles. The van der Waals surface area contributed by atoms with Gasteiger partial charge in [-0.15, -0.1) is 0 Å². The number of imidazole rings is 1. The number of amides is 2. The first-order chi connectivity index (χ1) is 13.9. The van der Waals surface area contributed by atoms with E-state index in [0.717, 1.165) is 10.4 Å². The van der Waals surface area contributed by atoms with Crippen LogP contribution in [0.3, 0.4) is 0 Å². The number of rotatable bonds is 4. The molecule has 0 aliphatic heterocycles. The highest BCUT2D eigenvalue weighted by Crippen LogP contribution is 2.31. The van der Waals surface area contributed by atoms with Gasteiger partial charge in [0.1, 0.15) is 5.82 Å². The molecule has 2 amide bonds. The predicted molar refractivity (Wildman–Crippen MR) is 112 cm³/mol. The molecule has 0 saturated carbocycles. The molecule has 0 aliphatic rings. The van der Waals surface area contributed by atoms with E-state index in [2.05, 4.69) is 20.3 Å². The summed E-state index contributed by atoms with van der Waals surface area (Å²) in [5.41, 5.74) is 1.96. The molecule has 146 valence electrons. The van der Waals surface area contributed by atoms with Gasteiger partial charge in [-0.3, -0.25) is 18.9 Å². The molecule has 29 heavy (non-hydrogen) atoms. The minimum Gasteiger partial charge on any atom is -0.305 e. The number of aryl methyl sites for hydroxylation is 1. The molecule has 4 rings (SSSR count). The molecule has 0 unspecified atom stereocenters. The maximum absolute atomic E-state index is 12.9. The zero-order valence-corrected chi connectivity index (χ0v) is 16.9. The molecule has 4 heterocycles. The van der Waals surface area contributed by atoms with E-state index in [9.17, 15) is 9.59 Å². The second-order valence-electron chi connectivity index (χ2n) is 6.50. The van der Waals surface area contributed by atoms with Gasteiger partial charge in [0.25, 0.3) is 5.91 Å². The third kappa shape index (κ3) is 3.59. The van der Waals surface area contributed by atoms with Crippen molar-refractivity contribution in [3.63, 3.8) is 0 Å². The Morgan fingerprint density at radius 2 is 2.03 bits per heavy atom. The number of nitrogens with one attached hydrogen (secondary N) is 1. The summed E-state index contributed by atoms with van der Waals surface area (Å²) in [4.78, 5) is 39.8. The molecular formula is C20H18N6O2S. The quantitative estimate of drug-likeness (QED) is 0.561. The van der Waals surface area contributed by atoms with Crippen LogP contribution in [0.25, 0.3) is 16.2 Å². The number of carbonyl (C=O) groups excluding carboxylic acids is 2. The fraction of sp³-hybridized carbons (Fsp3) is 0.150. The van der Waals surface area contributed by atoms with Crippen molar-refractivity contribution in [3.05, 3.63) is 60.2 Å². The molecule has 0 bridgehead atoms. The number of hydrogen-bond acceptors (Lipinski definition) is 6. The summed E-state index contributed by atoms with van der Waals surface area (Å²) in [6.07, 6.45) is 5.14. The summed E-state index contributed by atoms with van der Waals surface area (Å²) in [6.45, 7) is 3.41. The van der Waals surface area contributed by atoms with Crippen molar-refractivity contribution in [2.45, 2.75) is 13.8 Å². The van der Waals surface area contributed by atoms with Gasteiger partial charge in [0.05, 0.1) is 16.6 Å². The maximum atomic E-state index is 12.9. The Labute approximate surface area is 170 Å². The van der Waals surface area contributed by atoms with Crippen molar-refractivity contribution in [3.8, 4) is 10.7 Å². The van der Waals surface area contributed by atoms with Crippen molar-refractivity contribution in [2.24, 2.45) is 0 Å². The van der Waals surface area contributed by atoms with Crippen molar-refractivity contribution in [2.75, 3.05) is 17.3 Å². The summed E-state index contributed by atoms with van der Waals surface area (Å²) in [6, 6.07) is 9.21. The highest BCUT2D eigenvalue weighted by molar-refractivity contribution is 7.19. The van der Waals surface area contributed by atoms with E-state index in [1.807, 2.05) is 41.8 Å². The average Bonchev–Trinajstić information content (AvgIpc) is 3.32. The van der Waals surface area contributed by atoms with E-state index in [-0.39, 0.29) is 11.8 Å². The molecule has 0 saturated heterocycles. The molecule has 0 atom stereocenters. The first-order valence-corrected chi connectivity index (χ1v) is 9.67. The number of hydrogen-bond donors (Lipinski definition) is 1. The van der Waals surface area contributed by atoms with E-state index < -0.39 is 0 Å². The fourth-order valence-electron chi connectivity index (χ4n) is 2.82. The first kappa shape index (κ1) is 18.8. The second-order valence-corrected chi connectivity index (χ2v) is 7.51. The molecular weight excluding hydrogens is 388 g/mol. The van der Waals surface area contributed by atoms with Crippen LogP contribution in [0.5, 0.6) is 0 Å². The Kier molecular flexibility index (Phi) is 4.81. The molecule has 1 N–H and O–H groups in total. The van der Waals surface area contributed by atoms with Crippen molar-refractivity contribution in [1.29, 1.82) is 0 Å². The van der Waals surface area contributed by atoms with Gasteiger partial charge in [0.15, 0.2) is 16.6 Å². The summed E-state index contributed by atoms with van der Waals surface area (Å²) in [5, 5.41) is 3.37. The lowest BCUT2D eigenvalue weighted by Gasteiger charge is -2.09. The molecule has 0 aromatic carbocycles. The molecule has 4 aromatic rings. The summed E-state index contributed by atoms with van der Waals surface area (Å²) < 4.78 is 1.84. The smallest absolute Gasteiger partial charge is 0.277 e. The molecule has 4 aromatic heterocycles. The standard InChI is InChI=1S/C20H18N6O2S/c1-12-7-8-21-16(10-12)23-19(28)17-14-6-4-5-9-26(14)18(24-17)15-11-22-20(29-15)25(3)13(2)27/h4-11H,1-3H3,(H,21,23,28). The normalized spacial score (nSPS) is 10.9. The molecule has 9 heteroatoms. The number of fused-ring (bicyclic) bond motifs is 1. The molecule has 8 nitrogen and oxygen atoms in total. The SMILES string of the molecule is CC(=O)N(C)c1ncc(-c2nc(C(=O)Nc3cc(C)ccn3)c3ccccn23)s1. The van der Waals surface area contributed by atoms with Crippen LogP contribution < -0.4 is 10.2 Å². The van der Waals surface area contributed by atoms with Gasteiger partial charge >= 0.3 is 0 Å². The number of aromatic nitrogens is 4. The minimum absolute atomic E-state index is 0.107. The Balaban J connectivity index is 1.74. The Morgan fingerprint density at radius 3 is 2.79 bits per heavy atom. The van der Waals surface area contributed by atoms with Gasteiger partial charge in [-0.05, 0) is 36.8 Å². The van der Waals surface area contributed by atoms with Crippen LogP contribution in [0.2, 0.25) is 0 Å². The van der Waals surface area contributed by atoms with E-state index >= 15 is 0 Å². The predicted octanol–water partition coefficient (Wildman–Crippen LogP) is 3.40. The zero-order chi connectivity index (χ0) is 20.5. The largest absolute Gasteiger partial charge is 0.305 e. The lowest BCUT2D eigenvalue weighted by molar-refractivity contribution is -0.116. The van der Waals surface area contributed by atoms with Crippen LogP contribution in [-0.2, 0) is 4.79 Å². The summed E-state index contributed by atoms with van der Waals surface area (Å²) >= 11 is 1.33. The van der Waals surface area contributed by atoms with Crippen molar-refractivity contribution >= 4 is 39.6 Å². The van der Waals surface area contributed by atoms with E-state index in [1.54, 1.807) is 25.5 Å². The highest BCUT2D eigenvalue weighted by Gasteiger charge is 2.21. The number of anilines is 2. The Hall–Kier alpha value is -3.59. The van der Waals surface area contributed by atoms with Gasteiger partial charge in [0, 0.05) is 26.4 Å². The summed E-state index contributed by atoms with van der Waals surface area (Å²) in [5.74, 6) is 0.605. The van der Waals surface area contributed by atoms with Crippen LogP contribution in [0, 0.1) is 6.92 Å². The van der Waals surface area contributed by atoms with Crippen LogP contribution in [0.1, 0.15) is 23.0 Å². The third-order valence-electron chi connectivity index (χ3n) is 4.39. The second kappa shape index (κ2) is 7.44. The van der Waals surface area contributed by atoms with E-state index in [1.165, 1.54) is 23.2 Å². The Bertz CT molecular complexity index is 1230. The monoisotopic (exact) mass is 406 g/mol. The van der Waals surface area contributed by atoms with Gasteiger partial charge in [-0.2, -0.15) is 0 Å². The fourth-order valence-corrected chi connectivity index (χ4v) is 3.73. The van der Waals surface area contributed by atoms with E-state index in [0.29, 0.717) is 28.0 Å².